The number of hydrogen-bond donors (Lipinski definition) is 2. The lowest BCUT2D eigenvalue weighted by atomic mass is 9.90. The minimum absolute atomic E-state index is 0.181. The fourth-order valence-electron chi connectivity index (χ4n) is 5.05. The number of nitrogens with zero attached hydrogens (tertiary/aromatic N) is 1. The van der Waals surface area contributed by atoms with E-state index in [2.05, 4.69) is 18.3 Å². The third kappa shape index (κ3) is 4.80. The number of nitrogens with one attached hydrogen (secondary N) is 2. The number of allylic oxidation sites excluding steroid dienone is 1. The smallest absolute Gasteiger partial charge is 0.230 e. The number of hydrogen-bond acceptors (Lipinski definition) is 5. The molecule has 2 aliphatic heterocycles. The van der Waals surface area contributed by atoms with E-state index in [1.807, 2.05) is 17.2 Å². The average Bonchev–Trinajstić information content (AvgIpc) is 3.63. The van der Waals surface area contributed by atoms with E-state index in [1.54, 1.807) is 0 Å². The Morgan fingerprint density at radius 2 is 1.94 bits per heavy atom. The lowest BCUT2D eigenvalue weighted by Gasteiger charge is -2.38. The highest BCUT2D eigenvalue weighted by atomic mass is 32.2. The summed E-state index contributed by atoms with van der Waals surface area (Å²) in [6.07, 6.45) is 12.4. The van der Waals surface area contributed by atoms with E-state index in [-0.39, 0.29) is 24.0 Å². The molecular formula is C26H35N3O3S. The van der Waals surface area contributed by atoms with Crippen LogP contribution in [-0.4, -0.2) is 46.4 Å². The van der Waals surface area contributed by atoms with Crippen LogP contribution in [0, 0.1) is 11.3 Å². The van der Waals surface area contributed by atoms with Crippen LogP contribution in [0.3, 0.4) is 0 Å². The number of amides is 1. The predicted molar refractivity (Wildman–Crippen MR) is 133 cm³/mol. The van der Waals surface area contributed by atoms with Gasteiger partial charge in [-0.3, -0.25) is 4.79 Å². The van der Waals surface area contributed by atoms with E-state index in [1.165, 1.54) is 12.6 Å². The summed E-state index contributed by atoms with van der Waals surface area (Å²) < 4.78 is 18.2. The molecule has 2 heterocycles. The number of carbonyl (C=O) groups is 1. The first-order valence-electron chi connectivity index (χ1n) is 12.5. The van der Waals surface area contributed by atoms with Crippen LogP contribution < -0.4 is 15.0 Å². The van der Waals surface area contributed by atoms with Gasteiger partial charge in [0.1, 0.15) is 17.3 Å². The summed E-state index contributed by atoms with van der Waals surface area (Å²) in [6.45, 7) is 2.15. The van der Waals surface area contributed by atoms with E-state index < -0.39 is 11.2 Å². The van der Waals surface area contributed by atoms with Crippen LogP contribution in [0.2, 0.25) is 0 Å². The van der Waals surface area contributed by atoms with Gasteiger partial charge in [0.15, 0.2) is 0 Å². The van der Waals surface area contributed by atoms with Crippen molar-refractivity contribution in [3.05, 3.63) is 29.5 Å². The predicted octanol–water partition coefficient (Wildman–Crippen LogP) is 4.19. The van der Waals surface area contributed by atoms with Crippen molar-refractivity contribution in [3.63, 3.8) is 0 Å². The molecule has 2 N–H and O–H groups in total. The van der Waals surface area contributed by atoms with Gasteiger partial charge in [-0.2, -0.15) is 0 Å². The molecular weight excluding hydrogens is 434 g/mol. The van der Waals surface area contributed by atoms with Gasteiger partial charge >= 0.3 is 0 Å². The molecule has 1 unspecified atom stereocenters. The molecule has 1 aromatic carbocycles. The van der Waals surface area contributed by atoms with Crippen LogP contribution in [0.4, 0.5) is 5.69 Å². The molecule has 1 aromatic rings. The Kier molecular flexibility index (Phi) is 6.70. The highest BCUT2D eigenvalue weighted by molar-refractivity contribution is 7.91. The van der Waals surface area contributed by atoms with Gasteiger partial charge in [-0.25, -0.2) is 0 Å². The first kappa shape index (κ1) is 22.8. The monoisotopic (exact) mass is 469 g/mol. The molecule has 3 fully saturated rings. The zero-order valence-electron chi connectivity index (χ0n) is 19.5. The van der Waals surface area contributed by atoms with Crippen LogP contribution in [0.1, 0.15) is 69.4 Å². The van der Waals surface area contributed by atoms with Gasteiger partial charge in [0.2, 0.25) is 5.91 Å². The van der Waals surface area contributed by atoms with Crippen molar-refractivity contribution < 1.29 is 14.1 Å². The molecule has 6 nitrogen and oxygen atoms in total. The second-order valence-electron chi connectivity index (χ2n) is 10.0. The lowest BCUT2D eigenvalue weighted by molar-refractivity contribution is -0.120. The van der Waals surface area contributed by atoms with Crippen LogP contribution in [-0.2, 0) is 22.4 Å². The van der Waals surface area contributed by atoms with Gasteiger partial charge in [0.05, 0.1) is 11.8 Å². The number of ether oxygens (including phenoxy) is 1. The highest BCUT2D eigenvalue weighted by Gasteiger charge is 2.39. The minimum atomic E-state index is -0.687. The van der Waals surface area contributed by atoms with Gasteiger partial charge in [-0.15, -0.1) is 0 Å². The first-order valence-corrected chi connectivity index (χ1v) is 14.0. The van der Waals surface area contributed by atoms with Gasteiger partial charge < -0.3 is 24.9 Å². The second kappa shape index (κ2) is 9.71. The summed E-state index contributed by atoms with van der Waals surface area (Å²) in [6, 6.07) is 4.59. The van der Waals surface area contributed by atoms with Crippen LogP contribution >= 0.6 is 0 Å². The Bertz CT molecular complexity index is 933. The Morgan fingerprint density at radius 3 is 2.58 bits per heavy atom. The topological polar surface area (TPSA) is 88.5 Å². The standard InChI is InChI=1S/C26H35N3O3S/c1-17-5-8-23-24(29(17)26(30)18-6-7-18)10-9-22(25(23)32-21-3-2-4-21)19(15-27)16-28-20-11-13-33(31)14-12-20/h9-10,15-18,20-21,27-28H,2-8,11-14H2,1H3/b19-16+,27-15?. The molecule has 7 heteroatoms. The summed E-state index contributed by atoms with van der Waals surface area (Å²) in [4.78, 5) is 15.1. The van der Waals surface area contributed by atoms with Gasteiger partial charge in [0, 0.05) is 60.0 Å². The third-order valence-corrected chi connectivity index (χ3v) is 8.96. The Morgan fingerprint density at radius 1 is 1.18 bits per heavy atom. The molecule has 4 aliphatic rings. The summed E-state index contributed by atoms with van der Waals surface area (Å²) in [5.41, 5.74) is 3.83. The summed E-state index contributed by atoms with van der Waals surface area (Å²) in [5.74, 6) is 2.77. The largest absolute Gasteiger partial charge is 0.616 e. The number of carbonyl (C=O) groups excluding carboxylic acids is 1. The Labute approximate surface area is 199 Å². The fraction of sp³-hybridized carbons (Fsp3) is 0.615. The second-order valence-corrected chi connectivity index (χ2v) is 11.7. The molecule has 0 aromatic heterocycles. The molecule has 1 amide bonds. The van der Waals surface area contributed by atoms with E-state index in [0.29, 0.717) is 6.04 Å². The quantitative estimate of drug-likeness (QED) is 0.463. The number of fused-ring (bicyclic) bond motifs is 1. The number of anilines is 1. The normalized spacial score (nSPS) is 28.0. The zero-order valence-corrected chi connectivity index (χ0v) is 20.3. The van der Waals surface area contributed by atoms with Crippen LogP contribution in [0.25, 0.3) is 5.57 Å². The third-order valence-electron chi connectivity index (χ3n) is 7.58. The van der Waals surface area contributed by atoms with E-state index in [4.69, 9.17) is 10.1 Å². The molecule has 178 valence electrons. The Hall–Kier alpha value is -1.99. The minimum Gasteiger partial charge on any atom is -0.616 e. The van der Waals surface area contributed by atoms with Crippen molar-refractivity contribution in [1.29, 1.82) is 5.41 Å². The van der Waals surface area contributed by atoms with Crippen molar-refractivity contribution in [2.24, 2.45) is 5.92 Å². The summed E-state index contributed by atoms with van der Waals surface area (Å²) in [5, 5.41) is 11.6. The maximum Gasteiger partial charge on any atom is 0.230 e. The molecule has 0 radical (unpaired) electrons. The molecule has 1 atom stereocenters. The molecule has 2 aliphatic carbocycles. The van der Waals surface area contributed by atoms with E-state index in [9.17, 15) is 9.35 Å². The van der Waals surface area contributed by atoms with E-state index >= 15 is 0 Å². The highest BCUT2D eigenvalue weighted by Crippen LogP contribution is 2.44. The van der Waals surface area contributed by atoms with Crippen molar-refractivity contribution in [3.8, 4) is 5.75 Å². The van der Waals surface area contributed by atoms with Gasteiger partial charge in [-0.05, 0) is 64.0 Å². The zero-order chi connectivity index (χ0) is 22.9. The molecule has 1 saturated heterocycles. The molecule has 0 spiro atoms. The average molecular weight is 470 g/mol. The van der Waals surface area contributed by atoms with Crippen molar-refractivity contribution in [1.82, 2.24) is 5.32 Å². The molecule has 2 saturated carbocycles. The lowest BCUT2D eigenvalue weighted by Crippen LogP contribution is -2.43. The van der Waals surface area contributed by atoms with Crippen molar-refractivity contribution in [2.45, 2.75) is 82.9 Å². The fourth-order valence-corrected chi connectivity index (χ4v) is 6.35. The van der Waals surface area contributed by atoms with Crippen LogP contribution in [0.5, 0.6) is 5.75 Å². The number of rotatable bonds is 7. The SMILES string of the molecule is CC1CCc2c(ccc(/C(C=N)=C/NC3CC[S+]([O-])CC3)c2OC2CCC2)N1C(=O)C1CC1. The maximum absolute atomic E-state index is 13.1. The summed E-state index contributed by atoms with van der Waals surface area (Å²) >= 11 is -0.687. The summed E-state index contributed by atoms with van der Waals surface area (Å²) in [7, 11) is 0. The molecule has 0 bridgehead atoms. The van der Waals surface area contributed by atoms with E-state index in [0.717, 1.165) is 91.0 Å². The van der Waals surface area contributed by atoms with Crippen molar-refractivity contribution >= 4 is 34.6 Å². The maximum atomic E-state index is 13.1. The van der Waals surface area contributed by atoms with Crippen LogP contribution in [0.15, 0.2) is 18.3 Å². The van der Waals surface area contributed by atoms with Gasteiger partial charge in [0.25, 0.3) is 0 Å². The van der Waals surface area contributed by atoms with Crippen molar-refractivity contribution in [2.75, 3.05) is 16.4 Å². The molecule has 5 rings (SSSR count). The van der Waals surface area contributed by atoms with Gasteiger partial charge in [-0.1, -0.05) is 11.2 Å². The molecule has 33 heavy (non-hydrogen) atoms. The Balaban J connectivity index is 1.48. The first-order chi connectivity index (χ1) is 16.0. The number of benzene rings is 1.